The fraction of sp³-hybridized carbons (Fsp3) is 0.500. The van der Waals surface area contributed by atoms with Crippen molar-refractivity contribution < 1.29 is 119 Å². The molecular formula is C84H100N4O25. The summed E-state index contributed by atoms with van der Waals surface area (Å²) in [6.07, 6.45) is -21.7. The predicted octanol–water partition coefficient (Wildman–Crippen LogP) is 8.24. The lowest BCUT2D eigenvalue weighted by Crippen LogP contribution is -2.73. The number of fused-ring (bicyclic) bond motifs is 3. The first-order valence-electron chi connectivity index (χ1n) is 38.4. The van der Waals surface area contributed by atoms with Gasteiger partial charge in [-0.05, 0) is 48.4 Å². The molecular weight excluding hydrogens is 1460 g/mol. The van der Waals surface area contributed by atoms with Crippen LogP contribution in [0.3, 0.4) is 0 Å². The number of hydrogen-bond acceptors (Lipinski definition) is 25. The van der Waals surface area contributed by atoms with Gasteiger partial charge in [0.25, 0.3) is 5.79 Å². The average Bonchev–Trinajstić information content (AvgIpc) is 1.74. The Hall–Kier alpha value is -8.70. The minimum atomic E-state index is -2.06. The van der Waals surface area contributed by atoms with Crippen molar-refractivity contribution in [2.24, 2.45) is 0 Å². The van der Waals surface area contributed by atoms with E-state index >= 15 is 0 Å². The van der Waals surface area contributed by atoms with E-state index in [4.69, 9.17) is 90.0 Å². The summed E-state index contributed by atoms with van der Waals surface area (Å²) in [5.74, 6) is -5.34. The van der Waals surface area contributed by atoms with E-state index in [9.17, 15) is 28.8 Å². The smallest absolute Gasteiger partial charge is 0.410 e. The van der Waals surface area contributed by atoms with Gasteiger partial charge in [-0.1, -0.05) is 182 Å². The van der Waals surface area contributed by atoms with Crippen LogP contribution in [-0.2, 0) is 140 Å². The van der Waals surface area contributed by atoms with Gasteiger partial charge in [-0.25, -0.2) is 9.59 Å². The standard InChI is InChI=1S/C84H100N4O25/c1-50-67(103-54(5)92)72(110-79-64(85-51(2)89)71(98-45-57-33-19-10-20-34-57)68-62(104-79)48-99-76(107-68)59-37-23-12-24-38-59)65(86-52(3)90)78(102-50)111-73-66(87-53(4)91)80(105-63-49-100-77(108-69(63)73)60-39-25-13-26-40-60)109-70-61(47-96-44-56-31-17-9-18-32-56)106-81(75-74(70)112-84(6,113-75)82(93)95-7)97-42-28-14-27-41-88(43-55-29-15-8-16-30-55)83(94)101-46-58-35-21-11-22-36-58/h8-13,15-26,29-40,50,61-81H,14,27-28,41-49H2,1-7H3,(H,85,89)(H,86,90)(H,87,91)/t50-,61+,62+,63+,64-,65-,66+,67+,68+,69-,70-,71+,72-,73+,74-,75+,76+,77-,78-,79-,80+,81-,84+/m0/s1. The fourth-order valence-corrected chi connectivity index (χ4v) is 15.2. The summed E-state index contributed by atoms with van der Waals surface area (Å²) >= 11 is 0. The maximum atomic E-state index is 14.2. The van der Waals surface area contributed by atoms with E-state index in [0.717, 1.165) is 27.8 Å². The molecule has 29 heteroatoms. The number of methoxy groups -OCH3 is 1. The molecule has 13 rings (SSSR count). The van der Waals surface area contributed by atoms with E-state index in [1.165, 1.54) is 41.7 Å². The second-order valence-electron chi connectivity index (χ2n) is 29.0. The molecule has 4 amide bonds. The third-order valence-electron chi connectivity index (χ3n) is 20.5. The molecule has 0 aromatic heterocycles. The fourth-order valence-electron chi connectivity index (χ4n) is 15.2. The highest BCUT2D eigenvalue weighted by Crippen LogP contribution is 2.45. The van der Waals surface area contributed by atoms with Gasteiger partial charge in [-0.2, -0.15) is 0 Å². The van der Waals surface area contributed by atoms with E-state index in [1.54, 1.807) is 11.8 Å². The molecule has 23 atom stereocenters. The van der Waals surface area contributed by atoms with Crippen molar-refractivity contribution in [3.63, 3.8) is 0 Å². The van der Waals surface area contributed by atoms with E-state index in [1.807, 2.05) is 182 Å². The summed E-state index contributed by atoms with van der Waals surface area (Å²) < 4.78 is 127. The Morgan fingerprint density at radius 3 is 1.48 bits per heavy atom. The summed E-state index contributed by atoms with van der Waals surface area (Å²) in [5.41, 5.74) is 4.82. The molecule has 7 saturated heterocycles. The van der Waals surface area contributed by atoms with Gasteiger partial charge in [0, 0.05) is 65.4 Å². The summed E-state index contributed by atoms with van der Waals surface area (Å²) in [6, 6.07) is 52.5. The molecule has 6 aromatic rings. The summed E-state index contributed by atoms with van der Waals surface area (Å²) in [5, 5.41) is 9.05. The Balaban J connectivity index is 0.806. The minimum absolute atomic E-state index is 0.0304. The van der Waals surface area contributed by atoms with Crippen LogP contribution in [0.4, 0.5) is 4.79 Å². The molecule has 7 fully saturated rings. The van der Waals surface area contributed by atoms with Gasteiger partial charge in [0.05, 0.1) is 46.2 Å². The zero-order valence-corrected chi connectivity index (χ0v) is 64.2. The SMILES string of the molecule is COC(=O)[C@]1(C)O[C@H]2[C@@H](O[C@H]3O[C@@H]4CO[C@H](c5ccccc5)O[C@@H]4[C@H](O[C@@H]4O[C@@H](C)[C@@H](OC(C)=O)[C@@H](O[C@@H]5O[C@@H]6CO[C@@H](c7ccccc7)O[C@H]6[C@H](OCc6ccccc6)[C@@H]5NC(C)=O)[C@@H]4NC(C)=O)[C@H]3NC(C)=O)[C@@H](COCc3ccccc3)O[C@H](OCCCCCN(Cc3ccccc3)C(=O)OCc3ccccc3)[C@@H]2O1. The zero-order chi connectivity index (χ0) is 79.0. The van der Waals surface area contributed by atoms with Gasteiger partial charge in [-0.15, -0.1) is 0 Å². The van der Waals surface area contributed by atoms with Gasteiger partial charge >= 0.3 is 18.0 Å². The zero-order valence-electron chi connectivity index (χ0n) is 64.2. The molecule has 7 aliphatic rings. The molecule has 0 unspecified atom stereocenters. The first-order chi connectivity index (χ1) is 54.8. The van der Waals surface area contributed by atoms with Gasteiger partial charge in [0.15, 0.2) is 43.8 Å². The molecule has 0 saturated carbocycles. The maximum Gasteiger partial charge on any atom is 0.410 e. The number of nitrogens with one attached hydrogen (secondary N) is 3. The van der Waals surface area contributed by atoms with Crippen LogP contribution in [0.1, 0.15) is 107 Å². The lowest BCUT2D eigenvalue weighted by molar-refractivity contribution is -0.389. The first-order valence-corrected chi connectivity index (χ1v) is 38.4. The van der Waals surface area contributed by atoms with Crippen molar-refractivity contribution in [1.29, 1.82) is 0 Å². The number of carbonyl (C=O) groups excluding carboxylic acids is 6. The second-order valence-corrected chi connectivity index (χ2v) is 29.0. The number of nitrogens with zero attached hydrogens (tertiary/aromatic N) is 1. The Kier molecular flexibility index (Phi) is 28.5. The normalized spacial score (nSPS) is 31.9. The quantitative estimate of drug-likeness (QED) is 0.0209. The largest absolute Gasteiger partial charge is 0.465 e. The summed E-state index contributed by atoms with van der Waals surface area (Å²) in [7, 11) is 1.20. The van der Waals surface area contributed by atoms with Crippen molar-refractivity contribution in [2.45, 2.75) is 228 Å². The second kappa shape index (κ2) is 39.1. The van der Waals surface area contributed by atoms with E-state index in [2.05, 4.69) is 16.0 Å². The summed E-state index contributed by atoms with van der Waals surface area (Å²) in [4.78, 5) is 84.6. The highest BCUT2D eigenvalue weighted by atomic mass is 16.8. The number of benzene rings is 6. The number of esters is 2. The molecule has 0 spiro atoms. The lowest BCUT2D eigenvalue weighted by atomic mass is 9.92. The Morgan fingerprint density at radius 2 is 0.938 bits per heavy atom. The molecule has 113 heavy (non-hydrogen) atoms. The van der Waals surface area contributed by atoms with E-state index in [0.29, 0.717) is 37.9 Å². The lowest BCUT2D eigenvalue weighted by Gasteiger charge is -2.53. The van der Waals surface area contributed by atoms with Crippen LogP contribution in [0, 0.1) is 0 Å². The molecule has 0 aliphatic carbocycles. The monoisotopic (exact) mass is 1560 g/mol. The number of carbonyl (C=O) groups is 6. The Labute approximate surface area is 656 Å². The van der Waals surface area contributed by atoms with Crippen LogP contribution in [0.25, 0.3) is 0 Å². The molecule has 3 N–H and O–H groups in total. The number of amides is 4. The third-order valence-corrected chi connectivity index (χ3v) is 20.5. The van der Waals surface area contributed by atoms with Gasteiger partial charge in [0.1, 0.15) is 91.9 Å². The third kappa shape index (κ3) is 21.1. The van der Waals surface area contributed by atoms with Gasteiger partial charge in [0.2, 0.25) is 17.7 Å². The molecule has 0 radical (unpaired) electrons. The molecule has 606 valence electrons. The molecule has 7 heterocycles. The van der Waals surface area contributed by atoms with E-state index in [-0.39, 0.29) is 46.2 Å². The highest BCUT2D eigenvalue weighted by Gasteiger charge is 2.64. The number of unbranched alkanes of at least 4 members (excludes halogenated alkanes) is 2. The van der Waals surface area contributed by atoms with Crippen molar-refractivity contribution >= 4 is 35.8 Å². The van der Waals surface area contributed by atoms with Crippen LogP contribution in [0.2, 0.25) is 0 Å². The number of ether oxygens (including phenoxy) is 19. The van der Waals surface area contributed by atoms with Crippen molar-refractivity contribution in [2.75, 3.05) is 40.1 Å². The van der Waals surface area contributed by atoms with Crippen LogP contribution in [0.5, 0.6) is 0 Å². The molecule has 29 nitrogen and oxygen atoms in total. The number of rotatable bonds is 31. The minimum Gasteiger partial charge on any atom is -0.465 e. The van der Waals surface area contributed by atoms with Crippen molar-refractivity contribution in [1.82, 2.24) is 20.9 Å². The molecule has 6 aromatic carbocycles. The number of hydrogen-bond donors (Lipinski definition) is 3. The van der Waals surface area contributed by atoms with Crippen LogP contribution in [0.15, 0.2) is 182 Å². The first kappa shape index (κ1) is 82.3. The van der Waals surface area contributed by atoms with Crippen LogP contribution < -0.4 is 16.0 Å². The highest BCUT2D eigenvalue weighted by molar-refractivity contribution is 5.78. The Bertz CT molecular complexity index is 4040. The topological polar surface area (TPSA) is 317 Å². The van der Waals surface area contributed by atoms with E-state index < -0.39 is 177 Å². The van der Waals surface area contributed by atoms with Crippen LogP contribution >= 0.6 is 0 Å². The van der Waals surface area contributed by atoms with Crippen LogP contribution in [-0.4, -0.2) is 209 Å². The van der Waals surface area contributed by atoms with Crippen molar-refractivity contribution in [3.05, 3.63) is 215 Å². The molecule has 0 bridgehead atoms. The van der Waals surface area contributed by atoms with Gasteiger partial charge < -0.3 is 111 Å². The van der Waals surface area contributed by atoms with Crippen molar-refractivity contribution in [3.8, 4) is 0 Å². The summed E-state index contributed by atoms with van der Waals surface area (Å²) in [6.45, 7) is 8.96. The predicted molar refractivity (Wildman–Crippen MR) is 398 cm³/mol. The average molecular weight is 1570 g/mol. The van der Waals surface area contributed by atoms with Gasteiger partial charge in [-0.3, -0.25) is 19.2 Å². The maximum absolute atomic E-state index is 14.2. The molecule has 7 aliphatic heterocycles. The Morgan fingerprint density at radius 1 is 0.469 bits per heavy atom.